The summed E-state index contributed by atoms with van der Waals surface area (Å²) in [6, 6.07) is 26.6. The molecule has 0 spiro atoms. The van der Waals surface area contributed by atoms with E-state index in [-0.39, 0.29) is 5.91 Å². The first-order valence-corrected chi connectivity index (χ1v) is 17.5. The predicted octanol–water partition coefficient (Wildman–Crippen LogP) is 8.06. The lowest BCUT2D eigenvalue weighted by Gasteiger charge is -2.34. The van der Waals surface area contributed by atoms with Crippen LogP contribution in [0.25, 0.3) is 6.08 Å². The second-order valence-electron chi connectivity index (χ2n) is 13.2. The summed E-state index contributed by atoms with van der Waals surface area (Å²) in [6.07, 6.45) is 9.59. The van der Waals surface area contributed by atoms with E-state index in [4.69, 9.17) is 14.2 Å². The maximum absolute atomic E-state index is 13.1. The monoisotopic (exact) mass is 682 g/mol. The molecule has 1 amide bonds. The number of ether oxygens (including phenoxy) is 3. The van der Waals surface area contributed by atoms with Gasteiger partial charge < -0.3 is 19.1 Å². The van der Waals surface area contributed by atoms with Crippen LogP contribution in [-0.4, -0.2) is 58.5 Å². The molecule has 3 aromatic carbocycles. The Labute approximate surface area is 301 Å². The van der Waals surface area contributed by atoms with Crippen molar-refractivity contribution in [2.24, 2.45) is 0 Å². The lowest BCUT2D eigenvalue weighted by molar-refractivity contribution is -0.127. The summed E-state index contributed by atoms with van der Waals surface area (Å²) in [7, 11) is 0. The smallest absolute Gasteiger partial charge is 0.246 e. The zero-order valence-corrected chi connectivity index (χ0v) is 30.0. The minimum Gasteiger partial charge on any atom is -0.493 e. The molecule has 1 saturated heterocycles. The highest BCUT2D eigenvalue weighted by atomic mass is 16.5. The third-order valence-electron chi connectivity index (χ3n) is 9.22. The van der Waals surface area contributed by atoms with Gasteiger partial charge in [-0.15, -0.1) is 0 Å². The molecular weight excluding hydrogens is 636 g/mol. The van der Waals surface area contributed by atoms with Crippen molar-refractivity contribution in [2.75, 3.05) is 32.8 Å². The van der Waals surface area contributed by atoms with Gasteiger partial charge in [-0.1, -0.05) is 30.3 Å². The molecular formula is C43H46N4O4. The summed E-state index contributed by atoms with van der Waals surface area (Å²) >= 11 is 0. The molecule has 262 valence electrons. The van der Waals surface area contributed by atoms with Crippen LogP contribution in [0.1, 0.15) is 44.5 Å². The molecule has 6 rings (SSSR count). The number of hydrogen-bond donors (Lipinski definition) is 0. The number of pyridine rings is 2. The van der Waals surface area contributed by atoms with Crippen molar-refractivity contribution >= 4 is 12.0 Å². The van der Waals surface area contributed by atoms with E-state index < -0.39 is 0 Å². The standard InChI is InChI=1S/C43H46N4O4/c1-31-5-11-39(27-32(31)2)49-24-17-35-6-8-36(9-7-35)29-46-20-22-47(23-21-46)42(48)14-10-38-25-33(3)43(34(4)26-38)51-41-13-12-40(28-45-41)50-30-37-15-18-44-19-16-37/h5-16,18-19,25-28H,17,20-24,29-30H2,1-4H3. The average molecular weight is 683 g/mol. The van der Waals surface area contributed by atoms with Gasteiger partial charge in [0.25, 0.3) is 0 Å². The molecule has 51 heavy (non-hydrogen) atoms. The Kier molecular flexibility index (Phi) is 11.8. The molecule has 0 saturated carbocycles. The lowest BCUT2D eigenvalue weighted by atomic mass is 10.1. The van der Waals surface area contributed by atoms with Gasteiger partial charge in [-0.2, -0.15) is 0 Å². The quantitative estimate of drug-likeness (QED) is 0.116. The van der Waals surface area contributed by atoms with E-state index in [0.717, 1.165) is 59.8 Å². The van der Waals surface area contributed by atoms with Gasteiger partial charge in [0.05, 0.1) is 12.8 Å². The first-order valence-electron chi connectivity index (χ1n) is 17.5. The fourth-order valence-corrected chi connectivity index (χ4v) is 6.06. The summed E-state index contributed by atoms with van der Waals surface area (Å²) < 4.78 is 17.9. The van der Waals surface area contributed by atoms with Gasteiger partial charge in [-0.05, 0) is 121 Å². The van der Waals surface area contributed by atoms with Crippen LogP contribution in [0.15, 0.2) is 104 Å². The summed E-state index contributed by atoms with van der Waals surface area (Å²) in [4.78, 5) is 25.9. The third kappa shape index (κ3) is 10.0. The molecule has 0 aliphatic carbocycles. The Bertz CT molecular complexity index is 1910. The fraction of sp³-hybridized carbons (Fsp3) is 0.279. The van der Waals surface area contributed by atoms with Crippen molar-refractivity contribution in [3.63, 3.8) is 0 Å². The van der Waals surface area contributed by atoms with E-state index in [2.05, 4.69) is 65.1 Å². The number of carbonyl (C=O) groups is 1. The van der Waals surface area contributed by atoms with Crippen molar-refractivity contribution in [1.82, 2.24) is 19.8 Å². The van der Waals surface area contributed by atoms with E-state index >= 15 is 0 Å². The van der Waals surface area contributed by atoms with Crippen LogP contribution in [0, 0.1) is 27.7 Å². The van der Waals surface area contributed by atoms with Crippen molar-refractivity contribution in [1.29, 1.82) is 0 Å². The van der Waals surface area contributed by atoms with Crippen LogP contribution in [0.5, 0.6) is 23.1 Å². The minimum absolute atomic E-state index is 0.0353. The lowest BCUT2D eigenvalue weighted by Crippen LogP contribution is -2.47. The first kappa shape index (κ1) is 35.4. The number of hydrogen-bond acceptors (Lipinski definition) is 7. The van der Waals surface area contributed by atoms with Crippen LogP contribution < -0.4 is 14.2 Å². The molecule has 8 nitrogen and oxygen atoms in total. The molecule has 8 heteroatoms. The van der Waals surface area contributed by atoms with E-state index in [9.17, 15) is 4.79 Å². The van der Waals surface area contributed by atoms with Crippen LogP contribution in [0.2, 0.25) is 0 Å². The van der Waals surface area contributed by atoms with Crippen molar-refractivity contribution in [3.8, 4) is 23.1 Å². The number of amides is 1. The molecule has 0 bridgehead atoms. The number of benzene rings is 3. The molecule has 5 aromatic rings. The van der Waals surface area contributed by atoms with Gasteiger partial charge in [0.2, 0.25) is 11.8 Å². The van der Waals surface area contributed by atoms with E-state index in [1.54, 1.807) is 30.7 Å². The molecule has 0 unspecified atom stereocenters. The average Bonchev–Trinajstić information content (AvgIpc) is 3.14. The number of nitrogens with zero attached hydrogens (tertiary/aromatic N) is 4. The van der Waals surface area contributed by atoms with Crippen molar-refractivity contribution < 1.29 is 19.0 Å². The highest BCUT2D eigenvalue weighted by Crippen LogP contribution is 2.30. The number of rotatable bonds is 13. The van der Waals surface area contributed by atoms with Crippen molar-refractivity contribution in [2.45, 2.75) is 47.3 Å². The molecule has 2 aromatic heterocycles. The topological polar surface area (TPSA) is 77.0 Å². The van der Waals surface area contributed by atoms with Crippen LogP contribution >= 0.6 is 0 Å². The molecule has 1 aliphatic rings. The van der Waals surface area contributed by atoms with E-state index in [1.165, 1.54) is 22.3 Å². The van der Waals surface area contributed by atoms with Crippen LogP contribution in [0.4, 0.5) is 0 Å². The predicted molar refractivity (Wildman–Crippen MR) is 201 cm³/mol. The highest BCUT2D eigenvalue weighted by Gasteiger charge is 2.20. The normalized spacial score (nSPS) is 13.4. The highest BCUT2D eigenvalue weighted by molar-refractivity contribution is 5.92. The molecule has 0 N–H and O–H groups in total. The second kappa shape index (κ2) is 17.0. The van der Waals surface area contributed by atoms with Gasteiger partial charge in [0.15, 0.2) is 0 Å². The molecule has 0 atom stereocenters. The van der Waals surface area contributed by atoms with Gasteiger partial charge in [0, 0.05) is 63.7 Å². The molecule has 0 radical (unpaired) electrons. The van der Waals surface area contributed by atoms with Gasteiger partial charge >= 0.3 is 0 Å². The van der Waals surface area contributed by atoms with E-state index in [0.29, 0.717) is 37.9 Å². The van der Waals surface area contributed by atoms with Gasteiger partial charge in [-0.25, -0.2) is 4.98 Å². The Morgan fingerprint density at radius 2 is 1.43 bits per heavy atom. The van der Waals surface area contributed by atoms with Gasteiger partial charge in [-0.3, -0.25) is 14.7 Å². The van der Waals surface area contributed by atoms with Crippen molar-refractivity contribution in [3.05, 3.63) is 148 Å². The maximum Gasteiger partial charge on any atom is 0.246 e. The summed E-state index contributed by atoms with van der Waals surface area (Å²) in [5.74, 6) is 2.87. The van der Waals surface area contributed by atoms with E-state index in [1.807, 2.05) is 61.2 Å². The van der Waals surface area contributed by atoms with Crippen LogP contribution in [0.3, 0.4) is 0 Å². The number of carbonyl (C=O) groups excluding carboxylic acids is 1. The molecule has 3 heterocycles. The number of piperazine rings is 1. The zero-order chi connectivity index (χ0) is 35.6. The zero-order valence-electron chi connectivity index (χ0n) is 30.0. The summed E-state index contributed by atoms with van der Waals surface area (Å²) in [6.45, 7) is 13.3. The minimum atomic E-state index is 0.0353. The fourth-order valence-electron chi connectivity index (χ4n) is 6.06. The third-order valence-corrected chi connectivity index (χ3v) is 9.22. The van der Waals surface area contributed by atoms with Crippen LogP contribution in [-0.2, 0) is 24.4 Å². The second-order valence-corrected chi connectivity index (χ2v) is 13.2. The molecule has 1 fully saturated rings. The summed E-state index contributed by atoms with van der Waals surface area (Å²) in [5, 5.41) is 0. The Morgan fingerprint density at radius 3 is 2.12 bits per heavy atom. The Morgan fingerprint density at radius 1 is 0.725 bits per heavy atom. The molecule has 1 aliphatic heterocycles. The largest absolute Gasteiger partial charge is 0.493 e. The number of aromatic nitrogens is 2. The summed E-state index contributed by atoms with van der Waals surface area (Å²) in [5.41, 5.74) is 9.00. The first-order chi connectivity index (χ1) is 24.8. The van der Waals surface area contributed by atoms with Gasteiger partial charge in [0.1, 0.15) is 23.9 Å². The Hall–Kier alpha value is -5.47. The maximum atomic E-state index is 13.1. The Balaban J connectivity index is 0.931. The SMILES string of the molecule is Cc1ccc(OCCc2ccc(CN3CCN(C(=O)C=Cc4cc(C)c(Oc5ccc(OCc6ccncc6)cn5)c(C)c4)CC3)cc2)cc1C. The number of aryl methyl sites for hydroxylation is 4.